The van der Waals surface area contributed by atoms with Gasteiger partial charge in [-0.15, -0.1) is 0 Å². The summed E-state index contributed by atoms with van der Waals surface area (Å²) in [7, 11) is 0. The second-order valence-electron chi connectivity index (χ2n) is 6.72. The Kier molecular flexibility index (Phi) is 4.84. The third-order valence-corrected chi connectivity index (χ3v) is 4.89. The quantitative estimate of drug-likeness (QED) is 0.581. The summed E-state index contributed by atoms with van der Waals surface area (Å²) < 4.78 is 0. The molecule has 26 heavy (non-hydrogen) atoms. The van der Waals surface area contributed by atoms with Gasteiger partial charge in [0, 0.05) is 17.1 Å². The van der Waals surface area contributed by atoms with E-state index in [1.807, 2.05) is 36.4 Å². The Labute approximate surface area is 152 Å². The van der Waals surface area contributed by atoms with E-state index in [0.29, 0.717) is 0 Å². The van der Waals surface area contributed by atoms with Crippen molar-refractivity contribution in [1.29, 1.82) is 0 Å². The maximum atomic E-state index is 12.6. The maximum Gasteiger partial charge on any atom is 0.319 e. The van der Waals surface area contributed by atoms with E-state index in [1.165, 1.54) is 12.8 Å². The molecule has 134 valence electrons. The first kappa shape index (κ1) is 16.6. The van der Waals surface area contributed by atoms with E-state index in [9.17, 15) is 4.79 Å². The summed E-state index contributed by atoms with van der Waals surface area (Å²) >= 11 is 0. The summed E-state index contributed by atoms with van der Waals surface area (Å²) in [5, 5.41) is 17.5. The first-order chi connectivity index (χ1) is 12.8. The third kappa shape index (κ3) is 3.70. The van der Waals surface area contributed by atoms with Gasteiger partial charge in [-0.3, -0.25) is 5.10 Å². The minimum Gasteiger partial charge on any atom is -0.329 e. The number of aromatic nitrogens is 2. The number of hydrogen-bond donors (Lipinski definition) is 4. The molecular formula is C20H23N5O. The molecule has 0 unspecified atom stereocenters. The highest BCUT2D eigenvalue weighted by Crippen LogP contribution is 2.23. The molecule has 2 amide bonds. The number of piperidine rings is 1. The van der Waals surface area contributed by atoms with Gasteiger partial charge in [0.2, 0.25) is 0 Å². The fraction of sp³-hybridized carbons (Fsp3) is 0.300. The highest BCUT2D eigenvalue weighted by atomic mass is 16.2. The number of benzene rings is 2. The zero-order valence-electron chi connectivity index (χ0n) is 14.5. The fourth-order valence-electron chi connectivity index (χ4n) is 3.57. The predicted octanol–water partition coefficient (Wildman–Crippen LogP) is 3.57. The van der Waals surface area contributed by atoms with Gasteiger partial charge in [-0.25, -0.2) is 4.79 Å². The van der Waals surface area contributed by atoms with Crippen LogP contribution >= 0.6 is 0 Å². The van der Waals surface area contributed by atoms with Gasteiger partial charge in [0.1, 0.15) is 0 Å². The second-order valence-corrected chi connectivity index (χ2v) is 6.72. The van der Waals surface area contributed by atoms with E-state index in [1.54, 1.807) is 6.20 Å². The normalized spacial score (nSPS) is 18.4. The van der Waals surface area contributed by atoms with Crippen LogP contribution in [0.25, 0.3) is 10.9 Å². The Morgan fingerprint density at radius 1 is 1.15 bits per heavy atom. The van der Waals surface area contributed by atoms with Gasteiger partial charge in [0.25, 0.3) is 0 Å². The van der Waals surface area contributed by atoms with Gasteiger partial charge in [-0.1, -0.05) is 36.8 Å². The van der Waals surface area contributed by atoms with E-state index in [2.05, 4.69) is 38.3 Å². The zero-order chi connectivity index (χ0) is 17.8. The molecule has 6 heteroatoms. The minimum atomic E-state index is -0.200. The molecule has 0 radical (unpaired) electrons. The number of urea groups is 1. The molecule has 4 N–H and O–H groups in total. The summed E-state index contributed by atoms with van der Waals surface area (Å²) in [4.78, 5) is 12.6. The van der Waals surface area contributed by atoms with Crippen LogP contribution in [0.5, 0.6) is 0 Å². The number of fused-ring (bicyclic) bond motifs is 1. The van der Waals surface area contributed by atoms with E-state index >= 15 is 0 Å². The first-order valence-corrected chi connectivity index (χ1v) is 9.08. The highest BCUT2D eigenvalue weighted by molar-refractivity contribution is 5.92. The number of H-pyrrole nitrogens is 1. The lowest BCUT2D eigenvalue weighted by atomic mass is 9.92. The van der Waals surface area contributed by atoms with E-state index in [4.69, 9.17) is 0 Å². The van der Waals surface area contributed by atoms with Crippen LogP contribution in [0.1, 0.15) is 30.9 Å². The van der Waals surface area contributed by atoms with Crippen molar-refractivity contribution in [3.8, 4) is 0 Å². The lowest BCUT2D eigenvalue weighted by molar-refractivity contribution is 0.240. The fourth-order valence-corrected chi connectivity index (χ4v) is 3.57. The number of nitrogens with zero attached hydrogens (tertiary/aromatic N) is 1. The summed E-state index contributed by atoms with van der Waals surface area (Å²) in [5.41, 5.74) is 2.82. The summed E-state index contributed by atoms with van der Waals surface area (Å²) in [5.74, 6) is 0. The van der Waals surface area contributed by atoms with Gasteiger partial charge in [-0.05, 0) is 43.1 Å². The molecule has 0 spiro atoms. The van der Waals surface area contributed by atoms with E-state index in [-0.39, 0.29) is 18.1 Å². The second kappa shape index (κ2) is 7.58. The van der Waals surface area contributed by atoms with Crippen molar-refractivity contribution in [3.05, 3.63) is 60.3 Å². The highest BCUT2D eigenvalue weighted by Gasteiger charge is 2.26. The standard InChI is InChI=1S/C20H23N5O/c26-20(23-16-9-10-17-15(12-16)13-22-25-17)24-19(14-6-2-1-3-7-14)18-8-4-5-11-21-18/h1-3,6-7,9-10,12-13,18-19,21H,4-5,8,11H2,(H,22,25)(H2,23,24,26)/t18-,19-/m1/s1. The largest absolute Gasteiger partial charge is 0.329 e. The van der Waals surface area contributed by atoms with Crippen LogP contribution in [-0.2, 0) is 0 Å². The number of nitrogens with one attached hydrogen (secondary N) is 4. The van der Waals surface area contributed by atoms with Gasteiger partial charge in [0.15, 0.2) is 0 Å². The predicted molar refractivity (Wildman–Crippen MR) is 103 cm³/mol. The Bertz CT molecular complexity index is 870. The number of aromatic amines is 1. The van der Waals surface area contributed by atoms with Gasteiger partial charge >= 0.3 is 6.03 Å². The summed E-state index contributed by atoms with van der Waals surface area (Å²) in [6.45, 7) is 0.995. The molecule has 4 rings (SSSR count). The molecule has 2 aromatic carbocycles. The van der Waals surface area contributed by atoms with Crippen molar-refractivity contribution < 1.29 is 4.79 Å². The van der Waals surface area contributed by atoms with Crippen molar-refractivity contribution in [3.63, 3.8) is 0 Å². The molecule has 0 saturated carbocycles. The average Bonchev–Trinajstić information content (AvgIpc) is 3.15. The number of carbonyl (C=O) groups is 1. The number of carbonyl (C=O) groups excluding carboxylic acids is 1. The van der Waals surface area contributed by atoms with Crippen molar-refractivity contribution in [1.82, 2.24) is 20.8 Å². The van der Waals surface area contributed by atoms with Crippen LogP contribution in [0.3, 0.4) is 0 Å². The maximum absolute atomic E-state index is 12.6. The van der Waals surface area contributed by atoms with Crippen LogP contribution in [0.4, 0.5) is 10.5 Å². The van der Waals surface area contributed by atoms with Crippen molar-refractivity contribution in [2.75, 3.05) is 11.9 Å². The van der Waals surface area contributed by atoms with Crippen molar-refractivity contribution >= 4 is 22.6 Å². The molecule has 2 atom stereocenters. The zero-order valence-corrected chi connectivity index (χ0v) is 14.5. The number of amides is 2. The Morgan fingerprint density at radius 3 is 2.85 bits per heavy atom. The lowest BCUT2D eigenvalue weighted by Gasteiger charge is -2.32. The number of rotatable bonds is 4. The van der Waals surface area contributed by atoms with Crippen molar-refractivity contribution in [2.45, 2.75) is 31.3 Å². The average molecular weight is 349 g/mol. The molecule has 1 fully saturated rings. The molecular weight excluding hydrogens is 326 g/mol. The Balaban J connectivity index is 1.49. The summed E-state index contributed by atoms with van der Waals surface area (Å²) in [6, 6.07) is 15.8. The van der Waals surface area contributed by atoms with Crippen molar-refractivity contribution in [2.24, 2.45) is 0 Å². The Morgan fingerprint density at radius 2 is 2.04 bits per heavy atom. The molecule has 3 aromatic rings. The van der Waals surface area contributed by atoms with Gasteiger partial charge in [-0.2, -0.15) is 5.10 Å². The van der Waals surface area contributed by atoms with Crippen LogP contribution in [-0.4, -0.2) is 28.8 Å². The number of hydrogen-bond acceptors (Lipinski definition) is 3. The molecule has 0 bridgehead atoms. The van der Waals surface area contributed by atoms with E-state index in [0.717, 1.165) is 35.1 Å². The Hall–Kier alpha value is -2.86. The molecule has 0 aliphatic carbocycles. The van der Waals surface area contributed by atoms with Gasteiger partial charge in [0.05, 0.1) is 17.8 Å². The van der Waals surface area contributed by atoms with Crippen LogP contribution < -0.4 is 16.0 Å². The van der Waals surface area contributed by atoms with Crippen LogP contribution in [0.2, 0.25) is 0 Å². The molecule has 1 saturated heterocycles. The molecule has 1 aliphatic rings. The van der Waals surface area contributed by atoms with Crippen LogP contribution in [0.15, 0.2) is 54.7 Å². The SMILES string of the molecule is O=C(Nc1ccc2[nH]ncc2c1)N[C@H](c1ccccc1)[C@H]1CCCCN1. The molecule has 1 aromatic heterocycles. The molecule has 6 nitrogen and oxygen atoms in total. The minimum absolute atomic E-state index is 0.0610. The third-order valence-electron chi connectivity index (χ3n) is 4.89. The summed E-state index contributed by atoms with van der Waals surface area (Å²) in [6.07, 6.45) is 5.17. The molecule has 2 heterocycles. The topological polar surface area (TPSA) is 81.8 Å². The first-order valence-electron chi connectivity index (χ1n) is 9.08. The van der Waals surface area contributed by atoms with E-state index < -0.39 is 0 Å². The number of anilines is 1. The smallest absolute Gasteiger partial charge is 0.319 e. The monoisotopic (exact) mass is 349 g/mol. The lowest BCUT2D eigenvalue weighted by Crippen LogP contribution is -2.47. The van der Waals surface area contributed by atoms with Gasteiger partial charge < -0.3 is 16.0 Å². The van der Waals surface area contributed by atoms with Crippen LogP contribution in [0, 0.1) is 0 Å². The molecule has 1 aliphatic heterocycles.